The van der Waals surface area contributed by atoms with Crippen molar-refractivity contribution in [2.75, 3.05) is 5.73 Å². The third kappa shape index (κ3) is 1.51. The summed E-state index contributed by atoms with van der Waals surface area (Å²) in [6.45, 7) is 9.95. The van der Waals surface area contributed by atoms with Gasteiger partial charge < -0.3 is 10.3 Å². The number of aromatic nitrogens is 3. The summed E-state index contributed by atoms with van der Waals surface area (Å²) in [6.07, 6.45) is 2.86. The van der Waals surface area contributed by atoms with Gasteiger partial charge >= 0.3 is 0 Å². The number of nitrogens with two attached hydrogens (primary N) is 1. The van der Waals surface area contributed by atoms with Gasteiger partial charge in [0.15, 0.2) is 0 Å². The van der Waals surface area contributed by atoms with Crippen molar-refractivity contribution >= 4 is 16.9 Å². The van der Waals surface area contributed by atoms with Gasteiger partial charge in [-0.1, -0.05) is 13.8 Å². The van der Waals surface area contributed by atoms with E-state index in [-0.39, 0.29) is 0 Å². The number of rotatable bonds is 2. The molecule has 0 radical (unpaired) electrons. The van der Waals surface area contributed by atoms with Gasteiger partial charge in [-0.15, -0.1) is 0 Å². The van der Waals surface area contributed by atoms with Crippen LogP contribution in [0.15, 0.2) is 6.33 Å². The van der Waals surface area contributed by atoms with Crippen LogP contribution in [-0.4, -0.2) is 14.5 Å². The standard InChI is InChI=1S/C14H20N4/c1-8-9(2)18(6-10-5-14(10,3)4)13-11(8)12(15)16-7-17-13/h7,10H,5-6H2,1-4H3,(H2,15,16,17). The zero-order chi connectivity index (χ0) is 13.1. The first kappa shape index (κ1) is 11.5. The molecule has 2 N–H and O–H groups in total. The fourth-order valence-corrected chi connectivity index (χ4v) is 2.83. The fraction of sp³-hybridized carbons (Fsp3) is 0.571. The van der Waals surface area contributed by atoms with Crippen LogP contribution >= 0.6 is 0 Å². The molecule has 0 aromatic carbocycles. The van der Waals surface area contributed by atoms with E-state index in [1.165, 1.54) is 17.7 Å². The number of fused-ring (bicyclic) bond motifs is 1. The Bertz CT molecular complexity index is 624. The average Bonchev–Trinajstić information content (AvgIpc) is 2.83. The van der Waals surface area contributed by atoms with Crippen LogP contribution in [0, 0.1) is 25.2 Å². The van der Waals surface area contributed by atoms with Gasteiger partial charge in [0, 0.05) is 12.2 Å². The third-order valence-corrected chi connectivity index (χ3v) is 4.56. The van der Waals surface area contributed by atoms with Crippen LogP contribution < -0.4 is 5.73 Å². The number of hydrogen-bond donors (Lipinski definition) is 1. The van der Waals surface area contributed by atoms with Crippen molar-refractivity contribution < 1.29 is 0 Å². The van der Waals surface area contributed by atoms with E-state index >= 15 is 0 Å². The van der Waals surface area contributed by atoms with E-state index < -0.39 is 0 Å². The van der Waals surface area contributed by atoms with Gasteiger partial charge in [0.1, 0.15) is 17.8 Å². The summed E-state index contributed by atoms with van der Waals surface area (Å²) >= 11 is 0. The normalized spacial score (nSPS) is 21.4. The summed E-state index contributed by atoms with van der Waals surface area (Å²) in [5.74, 6) is 1.34. The molecule has 2 aromatic heterocycles. The lowest BCUT2D eigenvalue weighted by molar-refractivity contribution is 0.499. The van der Waals surface area contributed by atoms with Crippen LogP contribution in [0.5, 0.6) is 0 Å². The minimum atomic E-state index is 0.482. The second kappa shape index (κ2) is 3.46. The Morgan fingerprint density at radius 1 is 1.39 bits per heavy atom. The van der Waals surface area contributed by atoms with Crippen LogP contribution in [-0.2, 0) is 6.54 Å². The minimum Gasteiger partial charge on any atom is -0.383 e. The van der Waals surface area contributed by atoms with Crippen molar-refractivity contribution in [1.82, 2.24) is 14.5 Å². The first-order chi connectivity index (χ1) is 8.42. The average molecular weight is 244 g/mol. The summed E-state index contributed by atoms with van der Waals surface area (Å²) in [5.41, 5.74) is 9.92. The molecule has 3 rings (SSSR count). The first-order valence-corrected chi connectivity index (χ1v) is 6.47. The van der Waals surface area contributed by atoms with Crippen LogP contribution in [0.1, 0.15) is 31.5 Å². The van der Waals surface area contributed by atoms with Crippen LogP contribution in [0.4, 0.5) is 5.82 Å². The maximum absolute atomic E-state index is 5.97. The quantitative estimate of drug-likeness (QED) is 0.883. The molecule has 1 aliphatic rings. The molecular formula is C14H20N4. The Balaban J connectivity index is 2.12. The van der Waals surface area contributed by atoms with Gasteiger partial charge in [-0.2, -0.15) is 0 Å². The van der Waals surface area contributed by atoms with Crippen molar-refractivity contribution in [2.24, 2.45) is 11.3 Å². The molecule has 1 atom stereocenters. The Kier molecular flexibility index (Phi) is 2.22. The van der Waals surface area contributed by atoms with Crippen LogP contribution in [0.3, 0.4) is 0 Å². The Hall–Kier alpha value is -1.58. The Morgan fingerprint density at radius 3 is 2.67 bits per heavy atom. The van der Waals surface area contributed by atoms with Crippen molar-refractivity contribution in [3.63, 3.8) is 0 Å². The van der Waals surface area contributed by atoms with Gasteiger partial charge in [0.2, 0.25) is 0 Å². The topological polar surface area (TPSA) is 56.7 Å². The van der Waals surface area contributed by atoms with Crippen molar-refractivity contribution in [3.8, 4) is 0 Å². The largest absolute Gasteiger partial charge is 0.383 e. The summed E-state index contributed by atoms with van der Waals surface area (Å²) in [4.78, 5) is 8.52. The molecule has 0 aliphatic heterocycles. The highest BCUT2D eigenvalue weighted by atomic mass is 15.1. The third-order valence-electron chi connectivity index (χ3n) is 4.56. The zero-order valence-electron chi connectivity index (χ0n) is 11.5. The van der Waals surface area contributed by atoms with Gasteiger partial charge in [0.25, 0.3) is 0 Å². The number of hydrogen-bond acceptors (Lipinski definition) is 3. The summed E-state index contributed by atoms with van der Waals surface area (Å²) in [6, 6.07) is 0. The highest BCUT2D eigenvalue weighted by Crippen LogP contribution is 2.52. The van der Waals surface area contributed by atoms with Crippen molar-refractivity contribution in [2.45, 2.75) is 40.7 Å². The minimum absolute atomic E-state index is 0.482. The number of anilines is 1. The molecule has 4 nitrogen and oxygen atoms in total. The number of aryl methyl sites for hydroxylation is 1. The molecule has 1 saturated carbocycles. The second-order valence-corrected chi connectivity index (χ2v) is 6.17. The molecule has 1 aliphatic carbocycles. The monoisotopic (exact) mass is 244 g/mol. The molecule has 2 aromatic rings. The van der Waals surface area contributed by atoms with Crippen molar-refractivity contribution in [3.05, 3.63) is 17.6 Å². The van der Waals surface area contributed by atoms with Crippen LogP contribution in [0.2, 0.25) is 0 Å². The molecule has 1 fully saturated rings. The lowest BCUT2D eigenvalue weighted by Crippen LogP contribution is -2.06. The van der Waals surface area contributed by atoms with Gasteiger partial charge in [-0.25, -0.2) is 9.97 Å². The van der Waals surface area contributed by atoms with E-state index in [0.717, 1.165) is 23.5 Å². The van der Waals surface area contributed by atoms with E-state index in [2.05, 4.69) is 42.2 Å². The Labute approximate surface area is 107 Å². The van der Waals surface area contributed by atoms with Gasteiger partial charge in [-0.05, 0) is 37.2 Å². The lowest BCUT2D eigenvalue weighted by Gasteiger charge is -2.09. The van der Waals surface area contributed by atoms with E-state index in [1.807, 2.05) is 0 Å². The highest BCUT2D eigenvalue weighted by Gasteiger charge is 2.45. The molecule has 0 spiro atoms. The second-order valence-electron chi connectivity index (χ2n) is 6.17. The molecule has 4 heteroatoms. The summed E-state index contributed by atoms with van der Waals surface area (Å²) < 4.78 is 2.31. The molecule has 18 heavy (non-hydrogen) atoms. The maximum Gasteiger partial charge on any atom is 0.145 e. The molecule has 2 heterocycles. The van der Waals surface area contributed by atoms with E-state index in [9.17, 15) is 0 Å². The zero-order valence-corrected chi connectivity index (χ0v) is 11.5. The van der Waals surface area contributed by atoms with Gasteiger partial charge in [-0.3, -0.25) is 0 Å². The SMILES string of the molecule is Cc1c(C)n(CC2CC2(C)C)c2ncnc(N)c12. The molecule has 0 saturated heterocycles. The van der Waals surface area contributed by atoms with Crippen LogP contribution in [0.25, 0.3) is 11.0 Å². The molecule has 1 unspecified atom stereocenters. The molecule has 0 bridgehead atoms. The van der Waals surface area contributed by atoms with E-state index in [4.69, 9.17) is 5.73 Å². The fourth-order valence-electron chi connectivity index (χ4n) is 2.83. The predicted octanol–water partition coefficient (Wildman–Crippen LogP) is 2.68. The highest BCUT2D eigenvalue weighted by molar-refractivity contribution is 5.90. The molecule has 96 valence electrons. The van der Waals surface area contributed by atoms with Crippen molar-refractivity contribution in [1.29, 1.82) is 0 Å². The van der Waals surface area contributed by atoms with E-state index in [0.29, 0.717) is 11.2 Å². The lowest BCUT2D eigenvalue weighted by atomic mass is 10.1. The van der Waals surface area contributed by atoms with E-state index in [1.54, 1.807) is 6.33 Å². The number of nitrogen functional groups attached to an aromatic ring is 1. The first-order valence-electron chi connectivity index (χ1n) is 6.47. The summed E-state index contributed by atoms with van der Waals surface area (Å²) in [7, 11) is 0. The molecular weight excluding hydrogens is 224 g/mol. The maximum atomic E-state index is 5.97. The smallest absolute Gasteiger partial charge is 0.145 e. The Morgan fingerprint density at radius 2 is 2.06 bits per heavy atom. The van der Waals surface area contributed by atoms with Gasteiger partial charge in [0.05, 0.1) is 5.39 Å². The predicted molar refractivity (Wildman–Crippen MR) is 73.3 cm³/mol. The summed E-state index contributed by atoms with van der Waals surface area (Å²) in [5, 5.41) is 1.02. The number of nitrogens with zero attached hydrogens (tertiary/aromatic N) is 3. The molecule has 0 amide bonds.